The van der Waals surface area contributed by atoms with Gasteiger partial charge in [-0.1, -0.05) is 30.3 Å². The SMILES string of the molecule is Nc1nn2cccnc2c1-c1cc(N[C@@H](CCO)c2ccccc2)ncn1.[HH].[HH].[HH]. The van der Waals surface area contributed by atoms with Crippen molar-refractivity contribution in [2.75, 3.05) is 17.7 Å². The van der Waals surface area contributed by atoms with Crippen LogP contribution >= 0.6 is 0 Å². The van der Waals surface area contributed by atoms with E-state index in [1.807, 2.05) is 36.4 Å². The Morgan fingerprint density at radius 3 is 2.81 bits per heavy atom. The molecule has 0 saturated carbocycles. The summed E-state index contributed by atoms with van der Waals surface area (Å²) in [6.07, 6.45) is 5.51. The molecule has 0 amide bonds. The monoisotopic (exact) mass is 367 g/mol. The largest absolute Gasteiger partial charge is 0.396 e. The third kappa shape index (κ3) is 3.42. The number of hydrogen-bond acceptors (Lipinski definition) is 7. The number of aliphatic hydroxyl groups excluding tert-OH is 1. The van der Waals surface area contributed by atoms with Crippen molar-refractivity contribution in [3.8, 4) is 11.3 Å². The Kier molecular flexibility index (Phi) is 4.63. The fourth-order valence-electron chi connectivity index (χ4n) is 3.04. The average Bonchev–Trinajstić information content (AvgIpc) is 3.04. The molecule has 8 heteroatoms. The number of nitrogens with one attached hydrogen (secondary N) is 1. The second-order valence-electron chi connectivity index (χ2n) is 6.06. The molecule has 3 heterocycles. The van der Waals surface area contributed by atoms with E-state index in [1.165, 1.54) is 6.33 Å². The number of aliphatic hydroxyl groups is 1. The fraction of sp³-hybridized carbons (Fsp3) is 0.158. The fourth-order valence-corrected chi connectivity index (χ4v) is 3.04. The molecule has 4 N–H and O–H groups in total. The molecule has 0 aliphatic heterocycles. The third-order valence-corrected chi connectivity index (χ3v) is 4.29. The minimum atomic E-state index is -0.0710. The molecule has 0 aliphatic carbocycles. The van der Waals surface area contributed by atoms with Crippen LogP contribution in [0.1, 0.15) is 22.3 Å². The first kappa shape index (κ1) is 16.9. The molecule has 3 aromatic heterocycles. The highest BCUT2D eigenvalue weighted by atomic mass is 16.3. The minimum Gasteiger partial charge on any atom is -0.396 e. The van der Waals surface area contributed by atoms with Crippen LogP contribution in [0.2, 0.25) is 0 Å². The highest BCUT2D eigenvalue weighted by molar-refractivity contribution is 5.84. The van der Waals surface area contributed by atoms with Gasteiger partial charge in [0.15, 0.2) is 11.5 Å². The molecule has 0 aliphatic rings. The summed E-state index contributed by atoms with van der Waals surface area (Å²) in [5.74, 6) is 0.991. The average molecular weight is 367 g/mol. The van der Waals surface area contributed by atoms with Crippen LogP contribution in [-0.4, -0.2) is 36.3 Å². The molecule has 27 heavy (non-hydrogen) atoms. The lowest BCUT2D eigenvalue weighted by molar-refractivity contribution is 0.280. The van der Waals surface area contributed by atoms with E-state index < -0.39 is 0 Å². The summed E-state index contributed by atoms with van der Waals surface area (Å²) in [6.45, 7) is 0.0649. The van der Waals surface area contributed by atoms with Gasteiger partial charge in [0.25, 0.3) is 0 Å². The van der Waals surface area contributed by atoms with Gasteiger partial charge in [0.05, 0.1) is 17.3 Å². The molecule has 0 bridgehead atoms. The van der Waals surface area contributed by atoms with E-state index in [-0.39, 0.29) is 16.9 Å². The lowest BCUT2D eigenvalue weighted by Gasteiger charge is -2.19. The maximum absolute atomic E-state index is 9.43. The quantitative estimate of drug-likeness (QED) is 0.480. The van der Waals surface area contributed by atoms with Crippen molar-refractivity contribution >= 4 is 17.3 Å². The molecule has 142 valence electrons. The first-order valence-electron chi connectivity index (χ1n) is 8.60. The smallest absolute Gasteiger partial charge is 0.166 e. The number of hydrogen-bond donors (Lipinski definition) is 3. The number of nitrogen functional groups attached to an aromatic ring is 1. The lowest BCUT2D eigenvalue weighted by atomic mass is 10.0. The van der Waals surface area contributed by atoms with Crippen LogP contribution in [0.5, 0.6) is 0 Å². The molecule has 0 fully saturated rings. The number of nitrogens with two attached hydrogens (primary N) is 1. The molecule has 8 nitrogen and oxygen atoms in total. The molecule has 4 rings (SSSR count). The molecule has 1 aromatic carbocycles. The summed E-state index contributed by atoms with van der Waals surface area (Å²) >= 11 is 0. The standard InChI is InChI=1S/C19H19N7O.3H2/c20-18-17(19-21-8-4-9-26(19)25-18)15-11-16(23-12-22-15)24-14(7-10-27)13-5-2-1-3-6-13;;;/h1-6,8-9,11-12,14,27H,7,10H2,(H2,20,25)(H,22,23,24);3*1H/t14-;;;/m0.../s1. The number of nitrogens with zero attached hydrogens (tertiary/aromatic N) is 5. The van der Waals surface area contributed by atoms with Crippen LogP contribution in [0.3, 0.4) is 0 Å². The first-order valence-corrected chi connectivity index (χ1v) is 8.60. The predicted molar refractivity (Wildman–Crippen MR) is 109 cm³/mol. The van der Waals surface area contributed by atoms with Crippen LogP contribution in [0, 0.1) is 0 Å². The van der Waals surface area contributed by atoms with Gasteiger partial charge in [0, 0.05) is 29.3 Å². The highest BCUT2D eigenvalue weighted by Crippen LogP contribution is 2.29. The highest BCUT2D eigenvalue weighted by Gasteiger charge is 2.17. The van der Waals surface area contributed by atoms with E-state index in [2.05, 4.69) is 25.4 Å². The topological polar surface area (TPSA) is 114 Å². The number of benzene rings is 1. The van der Waals surface area contributed by atoms with E-state index in [9.17, 15) is 5.11 Å². The van der Waals surface area contributed by atoms with Crippen molar-refractivity contribution in [3.63, 3.8) is 0 Å². The van der Waals surface area contributed by atoms with Crippen LogP contribution in [0.15, 0.2) is 61.2 Å². The zero-order chi connectivity index (χ0) is 18.6. The summed E-state index contributed by atoms with van der Waals surface area (Å²) in [5, 5.41) is 17.1. The summed E-state index contributed by atoms with van der Waals surface area (Å²) in [5.41, 5.74) is 9.10. The van der Waals surface area contributed by atoms with Crippen LogP contribution in [0.4, 0.5) is 11.6 Å². The number of anilines is 2. The van der Waals surface area contributed by atoms with Gasteiger partial charge < -0.3 is 16.2 Å². The van der Waals surface area contributed by atoms with Gasteiger partial charge in [-0.25, -0.2) is 19.5 Å². The molecule has 0 spiro atoms. The number of aromatic nitrogens is 5. The molecule has 0 saturated heterocycles. The van der Waals surface area contributed by atoms with Gasteiger partial charge in [-0.05, 0) is 18.1 Å². The zero-order valence-corrected chi connectivity index (χ0v) is 14.5. The summed E-state index contributed by atoms with van der Waals surface area (Å²) in [4.78, 5) is 13.0. The summed E-state index contributed by atoms with van der Waals surface area (Å²) in [6, 6.07) is 13.5. The Labute approximate surface area is 160 Å². The van der Waals surface area contributed by atoms with E-state index >= 15 is 0 Å². The predicted octanol–water partition coefficient (Wildman–Crippen LogP) is 3.04. The van der Waals surface area contributed by atoms with Gasteiger partial charge >= 0.3 is 0 Å². The maximum Gasteiger partial charge on any atom is 0.166 e. The van der Waals surface area contributed by atoms with Gasteiger partial charge in [-0.3, -0.25) is 0 Å². The molecule has 0 radical (unpaired) electrons. The summed E-state index contributed by atoms with van der Waals surface area (Å²) < 4.78 is 1.62. The van der Waals surface area contributed by atoms with E-state index in [1.54, 1.807) is 23.0 Å². The Balaban J connectivity index is 0.00000150. The van der Waals surface area contributed by atoms with Crippen LogP contribution in [-0.2, 0) is 0 Å². The Morgan fingerprint density at radius 2 is 2.00 bits per heavy atom. The molecular formula is C19H25N7O. The van der Waals surface area contributed by atoms with Crippen molar-refractivity contribution in [2.45, 2.75) is 12.5 Å². The number of rotatable bonds is 6. The molecule has 4 aromatic rings. The third-order valence-electron chi connectivity index (χ3n) is 4.29. The Bertz CT molecular complexity index is 1060. The lowest BCUT2D eigenvalue weighted by Crippen LogP contribution is -2.13. The van der Waals surface area contributed by atoms with Crippen molar-refractivity contribution in [1.29, 1.82) is 0 Å². The normalized spacial score (nSPS) is 12.2. The van der Waals surface area contributed by atoms with Crippen LogP contribution < -0.4 is 11.1 Å². The van der Waals surface area contributed by atoms with Crippen molar-refractivity contribution < 1.29 is 9.39 Å². The van der Waals surface area contributed by atoms with E-state index in [4.69, 9.17) is 5.73 Å². The Hall–Kier alpha value is -3.52. The molecule has 0 unspecified atom stereocenters. The van der Waals surface area contributed by atoms with E-state index in [0.29, 0.717) is 35.0 Å². The van der Waals surface area contributed by atoms with Gasteiger partial charge in [0.1, 0.15) is 12.1 Å². The zero-order valence-electron chi connectivity index (χ0n) is 14.5. The van der Waals surface area contributed by atoms with Crippen LogP contribution in [0.25, 0.3) is 16.9 Å². The van der Waals surface area contributed by atoms with Gasteiger partial charge in [0.2, 0.25) is 0 Å². The minimum absolute atomic E-state index is 0. The van der Waals surface area contributed by atoms with Crippen molar-refractivity contribution in [3.05, 3.63) is 66.7 Å². The number of fused-ring (bicyclic) bond motifs is 1. The van der Waals surface area contributed by atoms with E-state index in [0.717, 1.165) is 5.56 Å². The molecular weight excluding hydrogens is 342 g/mol. The van der Waals surface area contributed by atoms with Crippen molar-refractivity contribution in [2.24, 2.45) is 0 Å². The van der Waals surface area contributed by atoms with Crippen molar-refractivity contribution in [1.82, 2.24) is 24.6 Å². The summed E-state index contributed by atoms with van der Waals surface area (Å²) in [7, 11) is 0. The Morgan fingerprint density at radius 1 is 1.15 bits per heavy atom. The second-order valence-corrected chi connectivity index (χ2v) is 6.06. The second kappa shape index (κ2) is 7.38. The van der Waals surface area contributed by atoms with Gasteiger partial charge in [-0.15, -0.1) is 5.10 Å². The maximum atomic E-state index is 9.43. The van der Waals surface area contributed by atoms with Gasteiger partial charge in [-0.2, -0.15) is 0 Å². The molecule has 1 atom stereocenters. The first-order chi connectivity index (χ1) is 13.3.